The van der Waals surface area contributed by atoms with Gasteiger partial charge >= 0.3 is 0 Å². The average molecular weight is 199 g/mol. The molecule has 0 saturated heterocycles. The highest BCUT2D eigenvalue weighted by Gasteiger charge is 1.93. The van der Waals surface area contributed by atoms with Crippen LogP contribution in [0.2, 0.25) is 0 Å². The highest BCUT2D eigenvalue weighted by atomic mass is 31.0. The van der Waals surface area contributed by atoms with E-state index < -0.39 is 0 Å². The van der Waals surface area contributed by atoms with E-state index in [0.717, 1.165) is 12.1 Å². The van der Waals surface area contributed by atoms with Crippen molar-refractivity contribution in [1.29, 1.82) is 0 Å². The number of hydrogen-bond acceptors (Lipinski definition) is 1. The summed E-state index contributed by atoms with van der Waals surface area (Å²) < 4.78 is 0. The largest absolute Gasteiger partial charge is 0.392 e. The first kappa shape index (κ1) is 12.7. The van der Waals surface area contributed by atoms with Crippen molar-refractivity contribution in [2.24, 2.45) is 0 Å². The van der Waals surface area contributed by atoms with Gasteiger partial charge in [0.25, 0.3) is 0 Å². The molecule has 0 aromatic heterocycles. The SMILES string of the molecule is C=C(CCCCCCC(C)=P)NC. The molecule has 0 rings (SSSR count). The molecule has 0 heterocycles. The minimum Gasteiger partial charge on any atom is -0.392 e. The maximum absolute atomic E-state index is 3.90. The molecular formula is C11H22NP. The quantitative estimate of drug-likeness (QED) is 0.466. The Morgan fingerprint density at radius 1 is 1.15 bits per heavy atom. The monoisotopic (exact) mass is 199 g/mol. The molecule has 13 heavy (non-hydrogen) atoms. The van der Waals surface area contributed by atoms with Crippen LogP contribution in [0.1, 0.15) is 45.4 Å². The Labute approximate surface area is 84.8 Å². The first-order valence-electron chi connectivity index (χ1n) is 5.06. The molecule has 0 aliphatic heterocycles. The summed E-state index contributed by atoms with van der Waals surface area (Å²) in [5.74, 6) is 0. The van der Waals surface area contributed by atoms with Gasteiger partial charge in [-0.15, -0.1) is 8.86 Å². The molecule has 0 fully saturated rings. The normalized spacial score (nSPS) is 9.69. The summed E-state index contributed by atoms with van der Waals surface area (Å²) in [7, 11) is 5.45. The van der Waals surface area contributed by atoms with Gasteiger partial charge in [-0.3, -0.25) is 0 Å². The third-order valence-corrected chi connectivity index (χ3v) is 2.38. The Morgan fingerprint density at radius 3 is 2.15 bits per heavy atom. The van der Waals surface area contributed by atoms with E-state index in [1.165, 1.54) is 37.4 Å². The minimum atomic E-state index is 1.12. The van der Waals surface area contributed by atoms with Gasteiger partial charge in [0.1, 0.15) is 0 Å². The molecule has 0 bridgehead atoms. The van der Waals surface area contributed by atoms with E-state index in [4.69, 9.17) is 0 Å². The van der Waals surface area contributed by atoms with E-state index in [0.29, 0.717) is 0 Å². The molecule has 0 atom stereocenters. The molecule has 0 spiro atoms. The summed E-state index contributed by atoms with van der Waals surface area (Å²) in [6, 6.07) is 0. The zero-order chi connectivity index (χ0) is 10.1. The van der Waals surface area contributed by atoms with Crippen LogP contribution in [0.5, 0.6) is 0 Å². The lowest BCUT2D eigenvalue weighted by Gasteiger charge is -2.04. The Bertz CT molecular complexity index is 163. The fraction of sp³-hybridized carbons (Fsp3) is 0.727. The summed E-state index contributed by atoms with van der Waals surface area (Å²) in [6.07, 6.45) is 7.55. The van der Waals surface area contributed by atoms with Crippen LogP contribution in [0.4, 0.5) is 0 Å². The summed E-state index contributed by atoms with van der Waals surface area (Å²) in [5.41, 5.74) is 1.16. The fourth-order valence-electron chi connectivity index (χ4n) is 1.21. The number of allylic oxidation sites excluding steroid dienone is 1. The summed E-state index contributed by atoms with van der Waals surface area (Å²) in [5, 5.41) is 4.43. The number of hydrogen-bond donors (Lipinski definition) is 1. The van der Waals surface area contributed by atoms with Crippen LogP contribution < -0.4 is 5.32 Å². The van der Waals surface area contributed by atoms with Crippen LogP contribution in [-0.4, -0.2) is 12.3 Å². The van der Waals surface area contributed by atoms with Crippen LogP contribution in [0.3, 0.4) is 0 Å². The molecule has 0 radical (unpaired) electrons. The second-order valence-corrected chi connectivity index (χ2v) is 4.40. The van der Waals surface area contributed by atoms with Gasteiger partial charge in [-0.1, -0.05) is 24.7 Å². The smallest absolute Gasteiger partial charge is 0.00310 e. The van der Waals surface area contributed by atoms with E-state index in [9.17, 15) is 0 Å². The van der Waals surface area contributed by atoms with Crippen LogP contribution in [-0.2, 0) is 0 Å². The molecular weight excluding hydrogens is 177 g/mol. The first-order chi connectivity index (χ1) is 6.16. The van der Waals surface area contributed by atoms with Gasteiger partial charge in [-0.05, 0) is 32.6 Å². The lowest BCUT2D eigenvalue weighted by molar-refractivity contribution is 0.640. The van der Waals surface area contributed by atoms with E-state index in [2.05, 4.69) is 27.7 Å². The van der Waals surface area contributed by atoms with Gasteiger partial charge in [0.05, 0.1) is 0 Å². The van der Waals surface area contributed by atoms with Gasteiger partial charge in [0.15, 0.2) is 0 Å². The van der Waals surface area contributed by atoms with E-state index in [1.807, 2.05) is 7.05 Å². The number of nitrogens with one attached hydrogen (secondary N) is 1. The Balaban J connectivity index is 3.08. The average Bonchev–Trinajstić information content (AvgIpc) is 2.10. The summed E-state index contributed by atoms with van der Waals surface area (Å²) >= 11 is 0. The summed E-state index contributed by atoms with van der Waals surface area (Å²) in [4.78, 5) is 0. The third kappa shape index (κ3) is 9.63. The molecule has 0 amide bonds. The Hall–Kier alpha value is -0.290. The highest BCUT2D eigenvalue weighted by Crippen LogP contribution is 2.08. The standard InChI is InChI=1S/C11H22NP/c1-10(12-3)8-6-4-5-7-9-11(2)13/h12-13H,1,4-9H2,2-3H3. The molecule has 0 aliphatic rings. The van der Waals surface area contributed by atoms with Crippen LogP contribution in [0.25, 0.3) is 0 Å². The maximum atomic E-state index is 3.90. The predicted octanol–water partition coefficient (Wildman–Crippen LogP) is 3.40. The fourth-order valence-corrected chi connectivity index (χ4v) is 1.38. The van der Waals surface area contributed by atoms with E-state index in [1.54, 1.807) is 0 Å². The molecule has 0 saturated carbocycles. The molecule has 1 N–H and O–H groups in total. The van der Waals surface area contributed by atoms with Crippen molar-refractivity contribution in [3.63, 3.8) is 0 Å². The van der Waals surface area contributed by atoms with Gasteiger partial charge in [0, 0.05) is 12.7 Å². The third-order valence-electron chi connectivity index (χ3n) is 2.13. The van der Waals surface area contributed by atoms with Crippen molar-refractivity contribution < 1.29 is 0 Å². The van der Waals surface area contributed by atoms with Gasteiger partial charge < -0.3 is 5.32 Å². The van der Waals surface area contributed by atoms with Crippen molar-refractivity contribution in [2.75, 3.05) is 7.05 Å². The Kier molecular flexibility index (Phi) is 8.13. The minimum absolute atomic E-state index is 1.12. The molecule has 0 aromatic rings. The maximum Gasteiger partial charge on any atom is 0.00310 e. The van der Waals surface area contributed by atoms with Crippen molar-refractivity contribution in [2.45, 2.75) is 45.4 Å². The molecule has 0 aliphatic carbocycles. The first-order valence-corrected chi connectivity index (χ1v) is 5.56. The zero-order valence-corrected chi connectivity index (χ0v) is 9.95. The second kappa shape index (κ2) is 8.31. The number of unbranched alkanes of at least 4 members (excludes halogenated alkanes) is 3. The lowest BCUT2D eigenvalue weighted by Crippen LogP contribution is -2.03. The van der Waals surface area contributed by atoms with Crippen LogP contribution in [0, 0.1) is 0 Å². The van der Waals surface area contributed by atoms with Crippen molar-refractivity contribution in [3.05, 3.63) is 12.3 Å². The lowest BCUT2D eigenvalue weighted by atomic mass is 10.1. The van der Waals surface area contributed by atoms with Crippen LogP contribution in [0.15, 0.2) is 12.3 Å². The zero-order valence-electron chi connectivity index (χ0n) is 8.95. The number of rotatable bonds is 8. The highest BCUT2D eigenvalue weighted by molar-refractivity contribution is 7.20. The van der Waals surface area contributed by atoms with E-state index in [-0.39, 0.29) is 0 Å². The summed E-state index contributed by atoms with van der Waals surface area (Å²) in [6.45, 7) is 6.02. The van der Waals surface area contributed by atoms with E-state index >= 15 is 0 Å². The topological polar surface area (TPSA) is 12.0 Å². The van der Waals surface area contributed by atoms with Crippen molar-refractivity contribution >= 4 is 14.2 Å². The molecule has 2 heteroatoms. The predicted molar refractivity (Wildman–Crippen MR) is 64.9 cm³/mol. The van der Waals surface area contributed by atoms with Gasteiger partial charge in [-0.2, -0.15) is 0 Å². The Morgan fingerprint density at radius 2 is 1.69 bits per heavy atom. The molecule has 76 valence electrons. The molecule has 0 aromatic carbocycles. The van der Waals surface area contributed by atoms with Gasteiger partial charge in [-0.25, -0.2) is 0 Å². The molecule has 0 unspecified atom stereocenters. The molecule has 1 nitrogen and oxygen atoms in total. The second-order valence-electron chi connectivity index (χ2n) is 3.55. The van der Waals surface area contributed by atoms with Crippen LogP contribution >= 0.6 is 8.86 Å². The van der Waals surface area contributed by atoms with Crippen molar-refractivity contribution in [1.82, 2.24) is 5.32 Å². The van der Waals surface area contributed by atoms with Crippen molar-refractivity contribution in [3.8, 4) is 0 Å². The van der Waals surface area contributed by atoms with Gasteiger partial charge in [0.2, 0.25) is 0 Å².